The molecule has 0 spiro atoms. The number of hydrogen-bond acceptors (Lipinski definition) is 2. The molecule has 4 nitrogen and oxygen atoms in total. The van der Waals surface area contributed by atoms with Crippen molar-refractivity contribution in [3.05, 3.63) is 90.0 Å². The zero-order chi connectivity index (χ0) is 16.1. The van der Waals surface area contributed by atoms with Crippen molar-refractivity contribution >= 4 is 5.91 Å². The van der Waals surface area contributed by atoms with E-state index in [0.717, 1.165) is 17.7 Å². The number of nitrogens with zero attached hydrogens (tertiary/aromatic N) is 2. The SMILES string of the molecule is C[C@@H](NC(=O)c1ccc(Cn2ccnc2)cc1)c1ccccc1. The van der Waals surface area contributed by atoms with Crippen LogP contribution in [0.2, 0.25) is 0 Å². The Morgan fingerprint density at radius 3 is 2.52 bits per heavy atom. The van der Waals surface area contributed by atoms with Crippen molar-refractivity contribution in [1.82, 2.24) is 14.9 Å². The van der Waals surface area contributed by atoms with E-state index in [1.54, 1.807) is 12.5 Å². The number of hydrogen-bond donors (Lipinski definition) is 1. The molecule has 116 valence electrons. The van der Waals surface area contributed by atoms with Crippen LogP contribution in [0.15, 0.2) is 73.3 Å². The van der Waals surface area contributed by atoms with Gasteiger partial charge in [0.2, 0.25) is 0 Å². The smallest absolute Gasteiger partial charge is 0.251 e. The minimum Gasteiger partial charge on any atom is -0.346 e. The summed E-state index contributed by atoms with van der Waals surface area (Å²) in [6.07, 6.45) is 5.46. The van der Waals surface area contributed by atoms with E-state index in [-0.39, 0.29) is 11.9 Å². The van der Waals surface area contributed by atoms with E-state index in [1.807, 2.05) is 72.3 Å². The average molecular weight is 305 g/mol. The Kier molecular flexibility index (Phi) is 4.52. The van der Waals surface area contributed by atoms with E-state index in [0.29, 0.717) is 5.56 Å². The van der Waals surface area contributed by atoms with E-state index in [4.69, 9.17) is 0 Å². The second-order valence-electron chi connectivity index (χ2n) is 5.54. The van der Waals surface area contributed by atoms with Gasteiger partial charge in [-0.1, -0.05) is 42.5 Å². The molecule has 2 aromatic carbocycles. The predicted molar refractivity (Wildman–Crippen MR) is 90.1 cm³/mol. The lowest BCUT2D eigenvalue weighted by atomic mass is 10.1. The largest absolute Gasteiger partial charge is 0.346 e. The first-order chi connectivity index (χ1) is 11.2. The highest BCUT2D eigenvalue weighted by Gasteiger charge is 2.11. The number of aromatic nitrogens is 2. The lowest BCUT2D eigenvalue weighted by Crippen LogP contribution is -2.26. The molecular weight excluding hydrogens is 286 g/mol. The van der Waals surface area contributed by atoms with Gasteiger partial charge in [0.15, 0.2) is 0 Å². The minimum atomic E-state index is -0.0597. The number of nitrogens with one attached hydrogen (secondary N) is 1. The van der Waals surface area contributed by atoms with Crippen molar-refractivity contribution in [3.8, 4) is 0 Å². The van der Waals surface area contributed by atoms with Crippen LogP contribution in [0.5, 0.6) is 0 Å². The van der Waals surface area contributed by atoms with Crippen LogP contribution in [0.1, 0.15) is 34.5 Å². The molecular formula is C19H19N3O. The fourth-order valence-electron chi connectivity index (χ4n) is 2.46. The molecule has 1 aromatic heterocycles. The summed E-state index contributed by atoms with van der Waals surface area (Å²) in [6, 6.07) is 17.6. The van der Waals surface area contributed by atoms with Crippen molar-refractivity contribution in [2.24, 2.45) is 0 Å². The Bertz CT molecular complexity index is 749. The van der Waals surface area contributed by atoms with E-state index in [1.165, 1.54) is 0 Å². The molecule has 23 heavy (non-hydrogen) atoms. The molecule has 0 bridgehead atoms. The quantitative estimate of drug-likeness (QED) is 0.785. The third-order valence-corrected chi connectivity index (χ3v) is 3.79. The standard InChI is InChI=1S/C19H19N3O/c1-15(17-5-3-2-4-6-17)21-19(23)18-9-7-16(8-10-18)13-22-12-11-20-14-22/h2-12,14-15H,13H2,1H3,(H,21,23)/t15-/m1/s1. The zero-order valence-corrected chi connectivity index (χ0v) is 13.0. The minimum absolute atomic E-state index is 0.0191. The lowest BCUT2D eigenvalue weighted by molar-refractivity contribution is 0.0940. The predicted octanol–water partition coefficient (Wildman–Crippen LogP) is 3.42. The summed E-state index contributed by atoms with van der Waals surface area (Å²) in [6.45, 7) is 2.74. The van der Waals surface area contributed by atoms with E-state index >= 15 is 0 Å². The molecule has 0 saturated heterocycles. The third-order valence-electron chi connectivity index (χ3n) is 3.79. The number of carbonyl (C=O) groups excluding carboxylic acids is 1. The molecule has 1 N–H and O–H groups in total. The van der Waals surface area contributed by atoms with Gasteiger partial charge in [0, 0.05) is 24.5 Å². The molecule has 0 aliphatic carbocycles. The van der Waals surface area contributed by atoms with E-state index in [2.05, 4.69) is 10.3 Å². The van der Waals surface area contributed by atoms with Gasteiger partial charge in [-0.3, -0.25) is 4.79 Å². The second kappa shape index (κ2) is 6.92. The van der Waals surface area contributed by atoms with Gasteiger partial charge in [-0.25, -0.2) is 4.98 Å². The molecule has 0 radical (unpaired) electrons. The summed E-state index contributed by atoms with van der Waals surface area (Å²) in [5.41, 5.74) is 2.90. The molecule has 4 heteroatoms. The Hall–Kier alpha value is -2.88. The summed E-state index contributed by atoms with van der Waals surface area (Å²) < 4.78 is 1.99. The van der Waals surface area contributed by atoms with Crippen LogP contribution in [0.4, 0.5) is 0 Å². The molecule has 0 aliphatic rings. The van der Waals surface area contributed by atoms with Crippen LogP contribution in [-0.2, 0) is 6.54 Å². The molecule has 1 amide bonds. The first kappa shape index (κ1) is 15.0. The van der Waals surface area contributed by atoms with E-state index < -0.39 is 0 Å². The first-order valence-electron chi connectivity index (χ1n) is 7.63. The maximum atomic E-state index is 12.3. The fraction of sp³-hybridized carbons (Fsp3) is 0.158. The number of carbonyl (C=O) groups is 1. The highest BCUT2D eigenvalue weighted by molar-refractivity contribution is 5.94. The number of amides is 1. The van der Waals surface area contributed by atoms with Crippen molar-refractivity contribution in [3.63, 3.8) is 0 Å². The van der Waals surface area contributed by atoms with Gasteiger partial charge >= 0.3 is 0 Å². The number of imidazole rings is 1. The monoisotopic (exact) mass is 305 g/mol. The summed E-state index contributed by atoms with van der Waals surface area (Å²) >= 11 is 0. The van der Waals surface area contributed by atoms with Gasteiger partial charge in [-0.15, -0.1) is 0 Å². The molecule has 0 aliphatic heterocycles. The summed E-state index contributed by atoms with van der Waals surface area (Å²) in [5.74, 6) is -0.0597. The first-order valence-corrected chi connectivity index (χ1v) is 7.63. The Morgan fingerprint density at radius 1 is 1.13 bits per heavy atom. The maximum Gasteiger partial charge on any atom is 0.251 e. The van der Waals surface area contributed by atoms with Crippen LogP contribution in [0.25, 0.3) is 0 Å². The molecule has 1 heterocycles. The molecule has 0 saturated carbocycles. The molecule has 0 fully saturated rings. The van der Waals surface area contributed by atoms with E-state index in [9.17, 15) is 4.79 Å². The number of rotatable bonds is 5. The highest BCUT2D eigenvalue weighted by Crippen LogP contribution is 2.13. The van der Waals surface area contributed by atoms with Gasteiger partial charge < -0.3 is 9.88 Å². The molecule has 1 atom stereocenters. The topological polar surface area (TPSA) is 46.9 Å². The van der Waals surface area contributed by atoms with Crippen LogP contribution in [0, 0.1) is 0 Å². The van der Waals surface area contributed by atoms with Gasteiger partial charge in [-0.2, -0.15) is 0 Å². The van der Waals surface area contributed by atoms with Crippen LogP contribution >= 0.6 is 0 Å². The third kappa shape index (κ3) is 3.86. The molecule has 3 rings (SSSR count). The molecule has 0 unspecified atom stereocenters. The van der Waals surface area contributed by atoms with Gasteiger partial charge in [0.05, 0.1) is 12.4 Å². The second-order valence-corrected chi connectivity index (χ2v) is 5.54. The van der Waals surface area contributed by atoms with Crippen LogP contribution in [-0.4, -0.2) is 15.5 Å². The van der Waals surface area contributed by atoms with Gasteiger partial charge in [0.1, 0.15) is 0 Å². The fourth-order valence-corrected chi connectivity index (χ4v) is 2.46. The zero-order valence-electron chi connectivity index (χ0n) is 13.0. The summed E-state index contributed by atoms with van der Waals surface area (Å²) in [5, 5.41) is 3.02. The van der Waals surface area contributed by atoms with Crippen molar-refractivity contribution in [2.75, 3.05) is 0 Å². The normalized spacial score (nSPS) is 11.9. The van der Waals surface area contributed by atoms with Gasteiger partial charge in [0.25, 0.3) is 5.91 Å². The maximum absolute atomic E-state index is 12.3. The van der Waals surface area contributed by atoms with Gasteiger partial charge in [-0.05, 0) is 30.2 Å². The Morgan fingerprint density at radius 2 is 1.87 bits per heavy atom. The van der Waals surface area contributed by atoms with Crippen LogP contribution < -0.4 is 5.32 Å². The molecule has 3 aromatic rings. The average Bonchev–Trinajstić information content (AvgIpc) is 3.09. The van der Waals surface area contributed by atoms with Crippen molar-refractivity contribution in [2.45, 2.75) is 19.5 Å². The Balaban J connectivity index is 1.63. The van der Waals surface area contributed by atoms with Crippen molar-refractivity contribution in [1.29, 1.82) is 0 Å². The highest BCUT2D eigenvalue weighted by atomic mass is 16.1. The van der Waals surface area contributed by atoms with Crippen LogP contribution in [0.3, 0.4) is 0 Å². The summed E-state index contributed by atoms with van der Waals surface area (Å²) in [7, 11) is 0. The summed E-state index contributed by atoms with van der Waals surface area (Å²) in [4.78, 5) is 16.4. The lowest BCUT2D eigenvalue weighted by Gasteiger charge is -2.14. The Labute approximate surface area is 135 Å². The van der Waals surface area contributed by atoms with Crippen molar-refractivity contribution < 1.29 is 4.79 Å². The number of benzene rings is 2.